The smallest absolute Gasteiger partial charge is 0.259 e. The standard InChI is InChI=1S/C19H19ClN4OS/c1-3-24(4-2)16-8-6-5-7-15(16)17(25)21-19-23-22-18(26-19)13-9-11-14(20)12-10-13/h5-12H,3-4H2,1-2H3,(H,21,23,25). The first-order valence-corrected chi connectivity index (χ1v) is 9.56. The van der Waals surface area contributed by atoms with Gasteiger partial charge in [-0.3, -0.25) is 10.1 Å². The van der Waals surface area contributed by atoms with Crippen molar-refractivity contribution < 1.29 is 4.79 Å². The van der Waals surface area contributed by atoms with Gasteiger partial charge in [0.25, 0.3) is 5.91 Å². The summed E-state index contributed by atoms with van der Waals surface area (Å²) in [4.78, 5) is 14.9. The molecule has 7 heteroatoms. The molecule has 1 amide bonds. The minimum atomic E-state index is -0.189. The van der Waals surface area contributed by atoms with Crippen LogP contribution < -0.4 is 10.2 Å². The molecule has 1 aromatic heterocycles. The van der Waals surface area contributed by atoms with E-state index in [9.17, 15) is 4.79 Å². The van der Waals surface area contributed by atoms with Gasteiger partial charge in [-0.2, -0.15) is 0 Å². The summed E-state index contributed by atoms with van der Waals surface area (Å²) in [5.41, 5.74) is 2.45. The van der Waals surface area contributed by atoms with Gasteiger partial charge in [0.2, 0.25) is 5.13 Å². The molecule has 2 aromatic carbocycles. The Labute approximate surface area is 161 Å². The van der Waals surface area contributed by atoms with E-state index in [1.54, 1.807) is 12.1 Å². The van der Waals surface area contributed by atoms with E-state index in [1.807, 2.05) is 36.4 Å². The van der Waals surface area contributed by atoms with Gasteiger partial charge in [0, 0.05) is 29.4 Å². The zero-order chi connectivity index (χ0) is 18.5. The molecule has 0 bridgehead atoms. The largest absolute Gasteiger partial charge is 0.371 e. The summed E-state index contributed by atoms with van der Waals surface area (Å²) < 4.78 is 0. The SMILES string of the molecule is CCN(CC)c1ccccc1C(=O)Nc1nnc(-c2ccc(Cl)cc2)s1. The maximum atomic E-state index is 12.7. The molecule has 0 aliphatic carbocycles. The highest BCUT2D eigenvalue weighted by molar-refractivity contribution is 7.18. The van der Waals surface area contributed by atoms with Crippen LogP contribution in [-0.4, -0.2) is 29.2 Å². The maximum Gasteiger partial charge on any atom is 0.259 e. The van der Waals surface area contributed by atoms with E-state index >= 15 is 0 Å². The number of hydrogen-bond donors (Lipinski definition) is 1. The van der Waals surface area contributed by atoms with Gasteiger partial charge in [-0.15, -0.1) is 10.2 Å². The lowest BCUT2D eigenvalue weighted by atomic mass is 10.1. The number of rotatable bonds is 6. The quantitative estimate of drug-likeness (QED) is 0.650. The lowest BCUT2D eigenvalue weighted by molar-refractivity contribution is 0.102. The van der Waals surface area contributed by atoms with Crippen LogP contribution in [0.2, 0.25) is 5.02 Å². The second kappa shape index (κ2) is 8.29. The van der Waals surface area contributed by atoms with Gasteiger partial charge in [-0.25, -0.2) is 0 Å². The van der Waals surface area contributed by atoms with Crippen LogP contribution in [0.1, 0.15) is 24.2 Å². The van der Waals surface area contributed by atoms with E-state index in [1.165, 1.54) is 11.3 Å². The number of hydrogen-bond acceptors (Lipinski definition) is 5. The first-order chi connectivity index (χ1) is 12.6. The van der Waals surface area contributed by atoms with Crippen molar-refractivity contribution in [1.29, 1.82) is 0 Å². The van der Waals surface area contributed by atoms with E-state index in [0.717, 1.165) is 29.3 Å². The second-order valence-electron chi connectivity index (χ2n) is 5.56. The molecule has 0 spiro atoms. The highest BCUT2D eigenvalue weighted by atomic mass is 35.5. The van der Waals surface area contributed by atoms with Crippen molar-refractivity contribution in [1.82, 2.24) is 10.2 Å². The third-order valence-electron chi connectivity index (χ3n) is 3.99. The molecule has 5 nitrogen and oxygen atoms in total. The number of para-hydroxylation sites is 1. The third-order valence-corrected chi connectivity index (χ3v) is 5.13. The Morgan fingerprint density at radius 2 is 1.77 bits per heavy atom. The number of aromatic nitrogens is 2. The fraction of sp³-hybridized carbons (Fsp3) is 0.211. The van der Waals surface area contributed by atoms with E-state index in [2.05, 4.69) is 34.3 Å². The number of amides is 1. The first-order valence-electron chi connectivity index (χ1n) is 8.37. The van der Waals surface area contributed by atoms with Crippen molar-refractivity contribution in [2.45, 2.75) is 13.8 Å². The number of anilines is 2. The van der Waals surface area contributed by atoms with Crippen molar-refractivity contribution in [2.75, 3.05) is 23.3 Å². The molecule has 1 heterocycles. The summed E-state index contributed by atoms with van der Waals surface area (Å²) >= 11 is 7.24. The van der Waals surface area contributed by atoms with Crippen molar-refractivity contribution in [3.8, 4) is 10.6 Å². The molecule has 0 saturated heterocycles. The van der Waals surface area contributed by atoms with E-state index in [-0.39, 0.29) is 5.91 Å². The molecule has 134 valence electrons. The van der Waals surface area contributed by atoms with E-state index in [0.29, 0.717) is 15.7 Å². The van der Waals surface area contributed by atoms with Gasteiger partial charge in [-0.1, -0.05) is 47.2 Å². The molecule has 0 aliphatic rings. The Bertz CT molecular complexity index is 891. The van der Waals surface area contributed by atoms with E-state index < -0.39 is 0 Å². The molecule has 0 atom stereocenters. The summed E-state index contributed by atoms with van der Waals surface area (Å²) in [6.45, 7) is 5.81. The molecule has 26 heavy (non-hydrogen) atoms. The molecule has 0 saturated carbocycles. The number of carbonyl (C=O) groups excluding carboxylic acids is 1. The number of nitrogens with zero attached hydrogens (tertiary/aromatic N) is 3. The fourth-order valence-electron chi connectivity index (χ4n) is 2.65. The van der Waals surface area contributed by atoms with Crippen LogP contribution in [0.5, 0.6) is 0 Å². The van der Waals surface area contributed by atoms with Crippen molar-refractivity contribution in [3.05, 3.63) is 59.1 Å². The monoisotopic (exact) mass is 386 g/mol. The Balaban J connectivity index is 1.80. The maximum absolute atomic E-state index is 12.7. The van der Waals surface area contributed by atoms with Gasteiger partial charge in [0.15, 0.2) is 0 Å². The second-order valence-corrected chi connectivity index (χ2v) is 6.98. The van der Waals surface area contributed by atoms with Crippen molar-refractivity contribution in [3.63, 3.8) is 0 Å². The Hall–Kier alpha value is -2.44. The molecule has 3 rings (SSSR count). The molecule has 0 radical (unpaired) electrons. The minimum Gasteiger partial charge on any atom is -0.371 e. The minimum absolute atomic E-state index is 0.189. The molecule has 0 unspecified atom stereocenters. The Morgan fingerprint density at radius 3 is 2.46 bits per heavy atom. The highest BCUT2D eigenvalue weighted by Crippen LogP contribution is 2.28. The van der Waals surface area contributed by atoms with Crippen molar-refractivity contribution in [2.24, 2.45) is 0 Å². The molecular formula is C19H19ClN4OS. The van der Waals surface area contributed by atoms with Crippen LogP contribution in [0.4, 0.5) is 10.8 Å². The van der Waals surface area contributed by atoms with Crippen LogP contribution in [0.3, 0.4) is 0 Å². The fourth-order valence-corrected chi connectivity index (χ4v) is 3.52. The number of benzene rings is 2. The topological polar surface area (TPSA) is 58.1 Å². The summed E-state index contributed by atoms with van der Waals surface area (Å²) in [6, 6.07) is 14.9. The lowest BCUT2D eigenvalue weighted by Crippen LogP contribution is -2.25. The van der Waals surface area contributed by atoms with E-state index in [4.69, 9.17) is 11.6 Å². The van der Waals surface area contributed by atoms with Gasteiger partial charge < -0.3 is 4.90 Å². The van der Waals surface area contributed by atoms with Crippen LogP contribution in [0.25, 0.3) is 10.6 Å². The third kappa shape index (κ3) is 4.03. The predicted molar refractivity (Wildman–Crippen MR) is 108 cm³/mol. The Kier molecular flexibility index (Phi) is 5.85. The summed E-state index contributed by atoms with van der Waals surface area (Å²) in [6.07, 6.45) is 0. The van der Waals surface area contributed by atoms with Gasteiger partial charge in [-0.05, 0) is 38.1 Å². The molecule has 3 aromatic rings. The average Bonchev–Trinajstić information content (AvgIpc) is 3.12. The summed E-state index contributed by atoms with van der Waals surface area (Å²) in [5, 5.41) is 13.0. The van der Waals surface area contributed by atoms with Gasteiger partial charge in [0.05, 0.1) is 5.56 Å². The predicted octanol–water partition coefficient (Wildman–Crippen LogP) is 4.96. The van der Waals surface area contributed by atoms with Crippen LogP contribution in [-0.2, 0) is 0 Å². The van der Waals surface area contributed by atoms with Gasteiger partial charge >= 0.3 is 0 Å². The first kappa shape index (κ1) is 18.4. The number of nitrogens with one attached hydrogen (secondary N) is 1. The highest BCUT2D eigenvalue weighted by Gasteiger charge is 2.16. The lowest BCUT2D eigenvalue weighted by Gasteiger charge is -2.23. The van der Waals surface area contributed by atoms with Crippen molar-refractivity contribution >= 4 is 39.7 Å². The Morgan fingerprint density at radius 1 is 1.08 bits per heavy atom. The molecule has 1 N–H and O–H groups in total. The number of halogens is 1. The number of carbonyl (C=O) groups is 1. The molecular weight excluding hydrogens is 368 g/mol. The average molecular weight is 387 g/mol. The van der Waals surface area contributed by atoms with Gasteiger partial charge in [0.1, 0.15) is 5.01 Å². The molecule has 0 aliphatic heterocycles. The molecule has 0 fully saturated rings. The summed E-state index contributed by atoms with van der Waals surface area (Å²) in [5.74, 6) is -0.189. The van der Waals surface area contributed by atoms with Crippen LogP contribution in [0, 0.1) is 0 Å². The van der Waals surface area contributed by atoms with Crippen LogP contribution >= 0.6 is 22.9 Å². The zero-order valence-corrected chi connectivity index (χ0v) is 16.1. The normalized spacial score (nSPS) is 10.6. The van der Waals surface area contributed by atoms with Crippen LogP contribution in [0.15, 0.2) is 48.5 Å². The summed E-state index contributed by atoms with van der Waals surface area (Å²) in [7, 11) is 0. The zero-order valence-electron chi connectivity index (χ0n) is 14.6.